The lowest BCUT2D eigenvalue weighted by Crippen LogP contribution is -2.48. The first-order valence-corrected chi connectivity index (χ1v) is 8.97. The average Bonchev–Trinajstić information content (AvgIpc) is 3.17. The minimum absolute atomic E-state index is 0.151. The fourth-order valence-corrected chi connectivity index (χ4v) is 4.20. The van der Waals surface area contributed by atoms with E-state index in [2.05, 4.69) is 11.9 Å². The lowest BCUT2D eigenvalue weighted by Gasteiger charge is -2.23. The molecule has 1 aliphatic heterocycles. The molecule has 0 aliphatic carbocycles. The zero-order valence-electron chi connectivity index (χ0n) is 13.3. The van der Waals surface area contributed by atoms with Crippen molar-refractivity contribution in [3.63, 3.8) is 0 Å². The van der Waals surface area contributed by atoms with Crippen LogP contribution in [0, 0.1) is 0 Å². The highest BCUT2D eigenvalue weighted by Crippen LogP contribution is 2.27. The van der Waals surface area contributed by atoms with Crippen molar-refractivity contribution in [2.24, 2.45) is 0 Å². The second-order valence-electron chi connectivity index (χ2n) is 5.63. The predicted octanol–water partition coefficient (Wildman–Crippen LogP) is 1.21. The summed E-state index contributed by atoms with van der Waals surface area (Å²) in [6.07, 6.45) is 3.19. The molecule has 2 N–H and O–H groups in total. The number of nitrogens with zero attached hydrogens (tertiary/aromatic N) is 1. The van der Waals surface area contributed by atoms with Gasteiger partial charge in [0.05, 0.1) is 0 Å². The average molecular weight is 356 g/mol. The van der Waals surface area contributed by atoms with Crippen LogP contribution in [0.25, 0.3) is 0 Å². The van der Waals surface area contributed by atoms with Crippen LogP contribution in [0.1, 0.15) is 36.7 Å². The van der Waals surface area contributed by atoms with Crippen LogP contribution in [-0.2, 0) is 14.8 Å². The van der Waals surface area contributed by atoms with E-state index in [9.17, 15) is 18.0 Å². The number of nitrogens with one attached hydrogen (secondary N) is 1. The summed E-state index contributed by atoms with van der Waals surface area (Å²) in [6, 6.07) is 1.18. The van der Waals surface area contributed by atoms with Gasteiger partial charge >= 0.3 is 5.97 Å². The van der Waals surface area contributed by atoms with Gasteiger partial charge in [0.1, 0.15) is 6.04 Å². The quantitative estimate of drug-likeness (QED) is 0.709. The SMILES string of the molecule is C=CCC(C)NC(=O)C1CCCN1S(=O)(=O)c1ccc(C(=O)O)o1. The number of hydrogen-bond acceptors (Lipinski definition) is 5. The Bertz CT molecular complexity index is 739. The van der Waals surface area contributed by atoms with E-state index in [1.165, 1.54) is 0 Å². The lowest BCUT2D eigenvalue weighted by atomic mass is 10.2. The summed E-state index contributed by atoms with van der Waals surface area (Å²) in [7, 11) is -4.07. The van der Waals surface area contributed by atoms with Gasteiger partial charge in [0.25, 0.3) is 10.0 Å². The van der Waals surface area contributed by atoms with E-state index in [1.54, 1.807) is 13.0 Å². The molecule has 1 saturated heterocycles. The molecular weight excluding hydrogens is 336 g/mol. The molecule has 2 rings (SSSR count). The molecule has 9 heteroatoms. The van der Waals surface area contributed by atoms with E-state index in [1.807, 2.05) is 0 Å². The van der Waals surface area contributed by atoms with Crippen LogP contribution >= 0.6 is 0 Å². The number of furan rings is 1. The molecule has 0 aromatic carbocycles. The third-order valence-corrected chi connectivity index (χ3v) is 5.55. The van der Waals surface area contributed by atoms with Crippen LogP contribution in [0.4, 0.5) is 0 Å². The first-order valence-electron chi connectivity index (χ1n) is 7.53. The van der Waals surface area contributed by atoms with Crippen LogP contribution in [0.3, 0.4) is 0 Å². The normalized spacial score (nSPS) is 19.8. The van der Waals surface area contributed by atoms with Crippen molar-refractivity contribution in [2.45, 2.75) is 43.4 Å². The number of carbonyl (C=O) groups is 2. The third kappa shape index (κ3) is 3.68. The number of carbonyl (C=O) groups excluding carboxylic acids is 1. The summed E-state index contributed by atoms with van der Waals surface area (Å²) in [5.41, 5.74) is 0. The molecule has 1 aromatic rings. The maximum absolute atomic E-state index is 12.6. The van der Waals surface area contributed by atoms with Crippen LogP contribution in [0.2, 0.25) is 0 Å². The van der Waals surface area contributed by atoms with Crippen molar-refractivity contribution in [2.75, 3.05) is 6.54 Å². The molecule has 1 aromatic heterocycles. The molecule has 0 saturated carbocycles. The first kappa shape index (κ1) is 18.2. The second-order valence-corrected chi connectivity index (χ2v) is 7.45. The lowest BCUT2D eigenvalue weighted by molar-refractivity contribution is -0.124. The summed E-state index contributed by atoms with van der Waals surface area (Å²) >= 11 is 0. The van der Waals surface area contributed by atoms with Crippen molar-refractivity contribution in [1.82, 2.24) is 9.62 Å². The molecule has 8 nitrogen and oxygen atoms in total. The molecule has 0 radical (unpaired) electrons. The maximum Gasteiger partial charge on any atom is 0.371 e. The highest BCUT2D eigenvalue weighted by atomic mass is 32.2. The topological polar surface area (TPSA) is 117 Å². The van der Waals surface area contributed by atoms with E-state index in [0.29, 0.717) is 19.3 Å². The van der Waals surface area contributed by atoms with Gasteiger partial charge in [-0.3, -0.25) is 4.79 Å². The van der Waals surface area contributed by atoms with Crippen LogP contribution in [0.15, 0.2) is 34.3 Å². The molecule has 2 atom stereocenters. The molecule has 0 bridgehead atoms. The molecular formula is C15H20N2O6S. The smallest absolute Gasteiger partial charge is 0.371 e. The zero-order valence-corrected chi connectivity index (χ0v) is 14.1. The minimum atomic E-state index is -4.07. The van der Waals surface area contributed by atoms with Gasteiger partial charge in [0.2, 0.25) is 16.8 Å². The van der Waals surface area contributed by atoms with Gasteiger partial charge in [0.15, 0.2) is 0 Å². The Hall–Kier alpha value is -2.13. The highest BCUT2D eigenvalue weighted by molar-refractivity contribution is 7.89. The van der Waals surface area contributed by atoms with Gasteiger partial charge in [-0.05, 0) is 38.3 Å². The van der Waals surface area contributed by atoms with E-state index in [4.69, 9.17) is 9.52 Å². The van der Waals surface area contributed by atoms with Crippen molar-refractivity contribution < 1.29 is 27.5 Å². The van der Waals surface area contributed by atoms with E-state index >= 15 is 0 Å². The van der Waals surface area contributed by atoms with Crippen molar-refractivity contribution in [1.29, 1.82) is 0 Å². The van der Waals surface area contributed by atoms with Gasteiger partial charge in [-0.15, -0.1) is 6.58 Å². The molecule has 0 spiro atoms. The second kappa shape index (κ2) is 7.18. The largest absolute Gasteiger partial charge is 0.475 e. The summed E-state index contributed by atoms with van der Waals surface area (Å²) in [5.74, 6) is -2.20. The minimum Gasteiger partial charge on any atom is -0.475 e. The molecule has 24 heavy (non-hydrogen) atoms. The first-order chi connectivity index (χ1) is 11.3. The third-order valence-electron chi connectivity index (χ3n) is 3.77. The van der Waals surface area contributed by atoms with Gasteiger partial charge in [-0.2, -0.15) is 4.31 Å². The standard InChI is InChI=1S/C15H20N2O6S/c1-3-5-10(2)16-14(18)11-6-4-9-17(11)24(21,22)13-8-7-12(23-13)15(19)20/h3,7-8,10-11H,1,4-6,9H2,2H3,(H,16,18)(H,19,20). The molecule has 1 amide bonds. The number of aromatic carboxylic acids is 1. The Balaban J connectivity index is 2.20. The number of hydrogen-bond donors (Lipinski definition) is 2. The Kier molecular flexibility index (Phi) is 5.45. The van der Waals surface area contributed by atoms with Gasteiger partial charge < -0.3 is 14.8 Å². The summed E-state index contributed by atoms with van der Waals surface area (Å²) in [5, 5.41) is 11.1. The van der Waals surface area contributed by atoms with Crippen LogP contribution in [-0.4, -0.2) is 48.3 Å². The van der Waals surface area contributed by atoms with Crippen molar-refractivity contribution in [3.05, 3.63) is 30.5 Å². The fraction of sp³-hybridized carbons (Fsp3) is 0.467. The van der Waals surface area contributed by atoms with Gasteiger partial charge in [0, 0.05) is 12.6 Å². The Morgan fingerprint density at radius 2 is 2.25 bits per heavy atom. The number of sulfonamides is 1. The van der Waals surface area contributed by atoms with Crippen LogP contribution < -0.4 is 5.32 Å². The van der Waals surface area contributed by atoms with Crippen molar-refractivity contribution in [3.8, 4) is 0 Å². The van der Waals surface area contributed by atoms with E-state index in [0.717, 1.165) is 16.4 Å². The van der Waals surface area contributed by atoms with Gasteiger partial charge in [-0.1, -0.05) is 6.08 Å². The molecule has 132 valence electrons. The van der Waals surface area contributed by atoms with Gasteiger partial charge in [-0.25, -0.2) is 13.2 Å². The highest BCUT2D eigenvalue weighted by Gasteiger charge is 2.41. The van der Waals surface area contributed by atoms with E-state index < -0.39 is 32.9 Å². The number of rotatable bonds is 7. The number of amides is 1. The fourth-order valence-electron chi connectivity index (χ4n) is 2.63. The Morgan fingerprint density at radius 1 is 1.54 bits per heavy atom. The summed E-state index contributed by atoms with van der Waals surface area (Å²) in [6.45, 7) is 5.58. The van der Waals surface area contributed by atoms with E-state index in [-0.39, 0.29) is 18.5 Å². The molecule has 2 unspecified atom stereocenters. The monoisotopic (exact) mass is 356 g/mol. The summed E-state index contributed by atoms with van der Waals surface area (Å²) < 4.78 is 31.2. The molecule has 1 fully saturated rings. The molecule has 2 heterocycles. The van der Waals surface area contributed by atoms with Crippen LogP contribution in [0.5, 0.6) is 0 Å². The maximum atomic E-state index is 12.6. The number of carboxylic acid groups (broad SMARTS) is 1. The Morgan fingerprint density at radius 3 is 2.83 bits per heavy atom. The van der Waals surface area contributed by atoms with Crippen molar-refractivity contribution >= 4 is 21.9 Å². The zero-order chi connectivity index (χ0) is 17.9. The molecule has 1 aliphatic rings. The predicted molar refractivity (Wildman–Crippen MR) is 85.0 cm³/mol. The summed E-state index contributed by atoms with van der Waals surface area (Å²) in [4.78, 5) is 23.2. The Labute approximate surface area is 140 Å². The number of carboxylic acids is 1.